The van der Waals surface area contributed by atoms with Gasteiger partial charge < -0.3 is 0 Å². The maximum Gasteiger partial charge on any atom is 0.155 e. The van der Waals surface area contributed by atoms with Crippen LogP contribution in [0.2, 0.25) is 0 Å². The lowest BCUT2D eigenvalue weighted by Gasteiger charge is -1.98. The molecule has 2 rings (SSSR count). The van der Waals surface area contributed by atoms with Crippen molar-refractivity contribution in [3.63, 3.8) is 0 Å². The predicted molar refractivity (Wildman–Crippen MR) is 67.0 cm³/mol. The van der Waals surface area contributed by atoms with Crippen LogP contribution in [0.25, 0.3) is 11.0 Å². The van der Waals surface area contributed by atoms with Crippen molar-refractivity contribution in [2.75, 3.05) is 0 Å². The summed E-state index contributed by atoms with van der Waals surface area (Å²) in [6, 6.07) is 0. The maximum atomic E-state index is 4.23. The lowest BCUT2D eigenvalue weighted by molar-refractivity contribution is 1.15. The Bertz CT molecular complexity index is 456. The zero-order chi connectivity index (χ0) is 9.42. The summed E-state index contributed by atoms with van der Waals surface area (Å²) in [5, 5.41) is 1.06. The average Bonchev–Trinajstić information content (AvgIpc) is 2.41. The van der Waals surface area contributed by atoms with Crippen LogP contribution in [0.15, 0.2) is 17.0 Å². The van der Waals surface area contributed by atoms with Crippen molar-refractivity contribution >= 4 is 57.3 Å². The molecule has 0 aromatic carbocycles. The van der Waals surface area contributed by atoms with Crippen LogP contribution in [-0.2, 0) is 0 Å². The van der Waals surface area contributed by atoms with Gasteiger partial charge in [-0.05, 0) is 22.9 Å². The highest BCUT2D eigenvalue weighted by molar-refractivity contribution is 14.2. The Morgan fingerprint density at radius 1 is 1.62 bits per heavy atom. The number of nitrogens with zero attached hydrogens (tertiary/aromatic N) is 3. The highest BCUT2D eigenvalue weighted by Gasteiger charge is 2.12. The molecular formula is C7H5BrIN3S. The van der Waals surface area contributed by atoms with Crippen LogP contribution >= 0.6 is 46.3 Å². The second kappa shape index (κ2) is 3.74. The molecule has 0 aliphatic carbocycles. The van der Waals surface area contributed by atoms with Gasteiger partial charge in [-0.15, -0.1) is 0 Å². The van der Waals surface area contributed by atoms with Crippen molar-refractivity contribution in [3.05, 3.63) is 22.7 Å². The first-order chi connectivity index (χ1) is 6.25. The maximum absolute atomic E-state index is 4.23. The van der Waals surface area contributed by atoms with Crippen molar-refractivity contribution in [1.82, 2.24) is 13.9 Å². The second-order valence-corrected chi connectivity index (χ2v) is 5.00. The largest absolute Gasteiger partial charge is 0.262 e. The van der Waals surface area contributed by atoms with E-state index in [0.717, 1.165) is 21.2 Å². The van der Waals surface area contributed by atoms with Crippen LogP contribution in [0.5, 0.6) is 0 Å². The van der Waals surface area contributed by atoms with Crippen molar-refractivity contribution in [2.45, 2.75) is 6.92 Å². The molecule has 0 amide bonds. The molecule has 2 aromatic rings. The molecule has 0 fully saturated rings. The van der Waals surface area contributed by atoms with E-state index in [0.29, 0.717) is 0 Å². The Morgan fingerprint density at radius 3 is 3.08 bits per heavy atom. The molecule has 0 N–H and O–H groups in total. The molecule has 0 aliphatic heterocycles. The molecule has 2 heterocycles. The normalized spacial score (nSPS) is 11.0. The average molecular weight is 370 g/mol. The Hall–Kier alpha value is 0.180. The number of rotatable bonds is 1. The van der Waals surface area contributed by atoms with Gasteiger partial charge in [-0.2, -0.15) is 0 Å². The molecule has 0 aliphatic rings. The van der Waals surface area contributed by atoms with Gasteiger partial charge in [0.15, 0.2) is 5.65 Å². The lowest BCUT2D eigenvalue weighted by atomic mass is 10.4. The molecule has 0 atom stereocenters. The van der Waals surface area contributed by atoms with E-state index in [1.165, 1.54) is 0 Å². The second-order valence-electron chi connectivity index (χ2n) is 2.52. The Balaban J connectivity index is 2.90. The molecule has 0 spiro atoms. The summed E-state index contributed by atoms with van der Waals surface area (Å²) in [6.45, 7) is 2.05. The number of fused-ring (bicyclic) bond motifs is 1. The number of hydrogen-bond acceptors (Lipinski definition) is 3. The monoisotopic (exact) mass is 369 g/mol. The minimum Gasteiger partial charge on any atom is -0.262 e. The van der Waals surface area contributed by atoms with E-state index in [1.54, 1.807) is 15.4 Å². The molecular weight excluding hydrogens is 365 g/mol. The summed E-state index contributed by atoms with van der Waals surface area (Å²) in [6.07, 6.45) is 3.39. The van der Waals surface area contributed by atoms with E-state index in [2.05, 4.69) is 58.0 Å². The van der Waals surface area contributed by atoms with Crippen LogP contribution in [0.1, 0.15) is 5.69 Å². The summed E-state index contributed by atoms with van der Waals surface area (Å²) >= 11 is 5.76. The van der Waals surface area contributed by atoms with Gasteiger partial charge in [0, 0.05) is 42.2 Å². The van der Waals surface area contributed by atoms with Gasteiger partial charge in [0.2, 0.25) is 0 Å². The summed E-state index contributed by atoms with van der Waals surface area (Å²) < 4.78 is 3.15. The molecule has 0 saturated carbocycles. The fraction of sp³-hybridized carbons (Fsp3) is 0.143. The van der Waals surface area contributed by atoms with E-state index in [4.69, 9.17) is 0 Å². The molecule has 0 radical (unpaired) electrons. The molecule has 0 unspecified atom stereocenters. The number of aromatic nitrogens is 3. The molecule has 6 heteroatoms. The minimum absolute atomic E-state index is 0.957. The van der Waals surface area contributed by atoms with Gasteiger partial charge in [0.1, 0.15) is 6.33 Å². The quantitative estimate of drug-likeness (QED) is 0.722. The van der Waals surface area contributed by atoms with E-state index < -0.39 is 0 Å². The highest BCUT2D eigenvalue weighted by atomic mass is 127. The lowest BCUT2D eigenvalue weighted by Crippen LogP contribution is -1.87. The summed E-state index contributed by atoms with van der Waals surface area (Å²) in [7, 11) is 1.61. The zero-order valence-electron chi connectivity index (χ0n) is 6.66. The summed E-state index contributed by atoms with van der Waals surface area (Å²) in [4.78, 5) is 8.23. The van der Waals surface area contributed by atoms with Gasteiger partial charge in [-0.1, -0.05) is 0 Å². The van der Waals surface area contributed by atoms with Gasteiger partial charge in [-0.3, -0.25) is 3.97 Å². The van der Waals surface area contributed by atoms with Crippen molar-refractivity contribution in [2.24, 2.45) is 0 Å². The van der Waals surface area contributed by atoms with Crippen LogP contribution in [0, 0.1) is 6.92 Å². The van der Waals surface area contributed by atoms with Crippen molar-refractivity contribution in [1.29, 1.82) is 0 Å². The van der Waals surface area contributed by atoms with Gasteiger partial charge >= 0.3 is 0 Å². The standard InChI is InChI=1S/C7H5BrIN3S/c1-4-6(8)5-2-10-3-11-7(5)12(4)13-9/h2-3H,1H3. The van der Waals surface area contributed by atoms with E-state index in [1.807, 2.05) is 6.20 Å². The van der Waals surface area contributed by atoms with Crippen LogP contribution in [-0.4, -0.2) is 13.9 Å². The topological polar surface area (TPSA) is 30.7 Å². The number of halogens is 2. The molecule has 0 bridgehead atoms. The van der Waals surface area contributed by atoms with Gasteiger partial charge in [0.05, 0.1) is 9.86 Å². The third kappa shape index (κ3) is 1.48. The smallest absolute Gasteiger partial charge is 0.155 e. The summed E-state index contributed by atoms with van der Waals surface area (Å²) in [5.74, 6) is 0. The van der Waals surface area contributed by atoms with Gasteiger partial charge in [0.25, 0.3) is 0 Å². The molecule has 68 valence electrons. The van der Waals surface area contributed by atoms with E-state index in [9.17, 15) is 0 Å². The third-order valence-electron chi connectivity index (χ3n) is 1.81. The van der Waals surface area contributed by atoms with Crippen molar-refractivity contribution < 1.29 is 0 Å². The zero-order valence-corrected chi connectivity index (χ0v) is 11.2. The molecule has 3 nitrogen and oxygen atoms in total. The van der Waals surface area contributed by atoms with Crippen molar-refractivity contribution in [3.8, 4) is 0 Å². The predicted octanol–water partition coefficient (Wildman–Crippen LogP) is 3.35. The summed E-state index contributed by atoms with van der Waals surface area (Å²) in [5.41, 5.74) is 2.12. The molecule has 2 aromatic heterocycles. The highest BCUT2D eigenvalue weighted by Crippen LogP contribution is 2.33. The van der Waals surface area contributed by atoms with Crippen LogP contribution in [0.4, 0.5) is 0 Å². The molecule has 13 heavy (non-hydrogen) atoms. The van der Waals surface area contributed by atoms with Gasteiger partial charge in [-0.25, -0.2) is 9.97 Å². The first kappa shape index (κ1) is 9.72. The SMILES string of the molecule is Cc1c(Br)c2cncnc2n1SI. The number of hydrogen-bond donors (Lipinski definition) is 0. The Kier molecular flexibility index (Phi) is 2.80. The third-order valence-corrected chi connectivity index (χ3v) is 4.58. The first-order valence-electron chi connectivity index (χ1n) is 3.51. The first-order valence-corrected chi connectivity index (χ1v) is 7.62. The molecule has 0 saturated heterocycles. The fourth-order valence-corrected chi connectivity index (χ4v) is 3.59. The Labute approximate surface area is 100 Å². The minimum atomic E-state index is 0.957. The van der Waals surface area contributed by atoms with E-state index in [-0.39, 0.29) is 0 Å². The Morgan fingerprint density at radius 2 is 2.38 bits per heavy atom. The van der Waals surface area contributed by atoms with Crippen LogP contribution < -0.4 is 0 Å². The van der Waals surface area contributed by atoms with E-state index >= 15 is 0 Å². The van der Waals surface area contributed by atoms with Crippen LogP contribution in [0.3, 0.4) is 0 Å². The fourth-order valence-electron chi connectivity index (χ4n) is 1.17.